The molecule has 2 rings (SSSR count). The van der Waals surface area contributed by atoms with Crippen molar-refractivity contribution in [3.63, 3.8) is 0 Å². The fraction of sp³-hybridized carbons (Fsp3) is 0.692. The minimum absolute atomic E-state index is 0.0184. The molecule has 0 aliphatic carbocycles. The summed E-state index contributed by atoms with van der Waals surface area (Å²) in [6, 6.07) is 0. The van der Waals surface area contributed by atoms with Crippen molar-refractivity contribution < 1.29 is 9.53 Å². The van der Waals surface area contributed by atoms with Crippen molar-refractivity contribution in [2.75, 3.05) is 19.8 Å². The quantitative estimate of drug-likeness (QED) is 0.718. The van der Waals surface area contributed by atoms with E-state index in [0.717, 1.165) is 37.6 Å². The van der Waals surface area contributed by atoms with E-state index < -0.39 is 5.91 Å². The van der Waals surface area contributed by atoms with Gasteiger partial charge >= 0.3 is 0 Å². The number of primary amides is 1. The molecule has 3 N–H and O–H groups in total. The highest BCUT2D eigenvalue weighted by Gasteiger charge is 2.20. The van der Waals surface area contributed by atoms with E-state index in [-0.39, 0.29) is 6.61 Å². The Hall–Kier alpha value is -1.40. The van der Waals surface area contributed by atoms with Crippen molar-refractivity contribution in [2.45, 2.75) is 39.3 Å². The number of rotatable bonds is 6. The summed E-state index contributed by atoms with van der Waals surface area (Å²) in [4.78, 5) is 15.4. The number of carbonyl (C=O) groups is 1. The summed E-state index contributed by atoms with van der Waals surface area (Å²) in [6.07, 6.45) is 0.991. The van der Waals surface area contributed by atoms with E-state index in [1.54, 1.807) is 0 Å². The Morgan fingerprint density at radius 1 is 1.58 bits per heavy atom. The number of aromatic nitrogens is 2. The predicted molar refractivity (Wildman–Crippen MR) is 71.7 cm³/mol. The molecule has 0 spiro atoms. The zero-order valence-electron chi connectivity index (χ0n) is 11.6. The van der Waals surface area contributed by atoms with Crippen LogP contribution in [0.2, 0.25) is 0 Å². The molecule has 1 amide bonds. The van der Waals surface area contributed by atoms with Crippen LogP contribution in [0.3, 0.4) is 0 Å². The van der Waals surface area contributed by atoms with Gasteiger partial charge in [-0.2, -0.15) is 0 Å². The Morgan fingerprint density at radius 2 is 2.37 bits per heavy atom. The van der Waals surface area contributed by atoms with Gasteiger partial charge in [-0.05, 0) is 0 Å². The molecule has 1 aromatic rings. The number of ether oxygens (including phenoxy) is 1. The van der Waals surface area contributed by atoms with Crippen molar-refractivity contribution in [1.29, 1.82) is 0 Å². The molecule has 0 radical (unpaired) electrons. The van der Waals surface area contributed by atoms with Crippen LogP contribution in [0, 0.1) is 0 Å². The molecule has 0 saturated carbocycles. The number of carbonyl (C=O) groups excluding carboxylic acids is 1. The molecule has 1 aromatic heterocycles. The molecular weight excluding hydrogens is 244 g/mol. The number of fused-ring (bicyclic) bond motifs is 1. The summed E-state index contributed by atoms with van der Waals surface area (Å²) < 4.78 is 7.49. The first-order valence-electron chi connectivity index (χ1n) is 6.74. The molecule has 0 fully saturated rings. The standard InChI is InChI=1S/C13H22N4O2/c1-9(2)13-16-10-7-15-4-3-11(10)17(13)5-6-19-8-12(14)18/h9,15H,3-8H2,1-2H3,(H2,14,18). The van der Waals surface area contributed by atoms with Crippen molar-refractivity contribution in [3.8, 4) is 0 Å². The fourth-order valence-corrected chi connectivity index (χ4v) is 2.41. The Balaban J connectivity index is 2.08. The molecule has 0 atom stereocenters. The van der Waals surface area contributed by atoms with E-state index in [0.29, 0.717) is 12.5 Å². The number of hydrogen-bond acceptors (Lipinski definition) is 4. The predicted octanol–water partition coefficient (Wildman–Crippen LogP) is 0.154. The number of hydrogen-bond donors (Lipinski definition) is 2. The Labute approximate surface area is 113 Å². The van der Waals surface area contributed by atoms with Crippen LogP contribution in [-0.2, 0) is 29.0 Å². The van der Waals surface area contributed by atoms with Gasteiger partial charge in [0.15, 0.2) is 0 Å². The average molecular weight is 266 g/mol. The lowest BCUT2D eigenvalue weighted by molar-refractivity contribution is -0.122. The van der Waals surface area contributed by atoms with Gasteiger partial charge in [0, 0.05) is 37.7 Å². The zero-order chi connectivity index (χ0) is 13.8. The second kappa shape index (κ2) is 6.16. The second-order valence-electron chi connectivity index (χ2n) is 5.12. The normalized spacial score (nSPS) is 14.7. The van der Waals surface area contributed by atoms with Crippen molar-refractivity contribution >= 4 is 5.91 Å². The smallest absolute Gasteiger partial charge is 0.243 e. The third kappa shape index (κ3) is 3.33. The van der Waals surface area contributed by atoms with Crippen LogP contribution < -0.4 is 11.1 Å². The van der Waals surface area contributed by atoms with E-state index in [1.807, 2.05) is 0 Å². The van der Waals surface area contributed by atoms with Crippen LogP contribution >= 0.6 is 0 Å². The number of nitrogens with two attached hydrogens (primary N) is 1. The number of imidazole rings is 1. The Kier molecular flexibility index (Phi) is 4.55. The highest BCUT2D eigenvalue weighted by molar-refractivity contribution is 5.74. The summed E-state index contributed by atoms with van der Waals surface area (Å²) in [5.41, 5.74) is 7.49. The van der Waals surface area contributed by atoms with E-state index in [9.17, 15) is 4.79 Å². The van der Waals surface area contributed by atoms with Crippen LogP contribution in [0.15, 0.2) is 0 Å². The van der Waals surface area contributed by atoms with Crippen LogP contribution in [0.1, 0.15) is 37.0 Å². The molecule has 0 aromatic carbocycles. The number of amides is 1. The molecule has 2 heterocycles. The zero-order valence-corrected chi connectivity index (χ0v) is 11.6. The van der Waals surface area contributed by atoms with E-state index in [4.69, 9.17) is 15.5 Å². The molecule has 0 unspecified atom stereocenters. The molecule has 1 aliphatic rings. The Bertz CT molecular complexity index is 454. The van der Waals surface area contributed by atoms with Crippen LogP contribution in [0.25, 0.3) is 0 Å². The van der Waals surface area contributed by atoms with Crippen molar-refractivity contribution in [3.05, 3.63) is 17.2 Å². The van der Waals surface area contributed by atoms with Crippen LogP contribution in [-0.4, -0.2) is 35.2 Å². The molecule has 106 valence electrons. The lowest BCUT2D eigenvalue weighted by Gasteiger charge is -2.17. The van der Waals surface area contributed by atoms with Gasteiger partial charge in [0.25, 0.3) is 0 Å². The van der Waals surface area contributed by atoms with E-state index in [2.05, 4.69) is 23.7 Å². The summed E-state index contributed by atoms with van der Waals surface area (Å²) in [5, 5.41) is 3.33. The summed E-state index contributed by atoms with van der Waals surface area (Å²) in [6.45, 7) is 7.30. The van der Waals surface area contributed by atoms with E-state index >= 15 is 0 Å². The maximum atomic E-state index is 10.6. The molecule has 19 heavy (non-hydrogen) atoms. The van der Waals surface area contributed by atoms with Gasteiger partial charge in [-0.15, -0.1) is 0 Å². The molecule has 1 aliphatic heterocycles. The Morgan fingerprint density at radius 3 is 3.05 bits per heavy atom. The van der Waals surface area contributed by atoms with E-state index in [1.165, 1.54) is 5.69 Å². The summed E-state index contributed by atoms with van der Waals surface area (Å²) in [5.74, 6) is 1.04. The highest BCUT2D eigenvalue weighted by Crippen LogP contribution is 2.21. The summed E-state index contributed by atoms with van der Waals surface area (Å²) in [7, 11) is 0. The first-order chi connectivity index (χ1) is 9.09. The monoisotopic (exact) mass is 266 g/mol. The molecule has 6 nitrogen and oxygen atoms in total. The van der Waals surface area contributed by atoms with Crippen molar-refractivity contribution in [1.82, 2.24) is 14.9 Å². The first kappa shape index (κ1) is 14.0. The van der Waals surface area contributed by atoms with Crippen molar-refractivity contribution in [2.24, 2.45) is 5.73 Å². The first-order valence-corrected chi connectivity index (χ1v) is 6.74. The minimum Gasteiger partial charge on any atom is -0.370 e. The number of nitrogens with zero attached hydrogens (tertiary/aromatic N) is 2. The maximum absolute atomic E-state index is 10.6. The lowest BCUT2D eigenvalue weighted by Crippen LogP contribution is -2.26. The molecular formula is C13H22N4O2. The average Bonchev–Trinajstić information content (AvgIpc) is 2.73. The van der Waals surface area contributed by atoms with Gasteiger partial charge in [-0.3, -0.25) is 4.79 Å². The van der Waals surface area contributed by atoms with Gasteiger partial charge in [-0.1, -0.05) is 13.8 Å². The fourth-order valence-electron chi connectivity index (χ4n) is 2.41. The van der Waals surface area contributed by atoms with Crippen LogP contribution in [0.4, 0.5) is 0 Å². The highest BCUT2D eigenvalue weighted by atomic mass is 16.5. The largest absolute Gasteiger partial charge is 0.370 e. The topological polar surface area (TPSA) is 82.2 Å². The number of nitrogens with one attached hydrogen (secondary N) is 1. The molecule has 0 saturated heterocycles. The van der Waals surface area contributed by atoms with Gasteiger partial charge in [0.05, 0.1) is 12.3 Å². The lowest BCUT2D eigenvalue weighted by atomic mass is 10.2. The molecule has 0 bridgehead atoms. The maximum Gasteiger partial charge on any atom is 0.243 e. The SMILES string of the molecule is CC(C)c1nc2c(n1CCOCC(N)=O)CCNC2. The minimum atomic E-state index is -0.430. The van der Waals surface area contributed by atoms with Gasteiger partial charge < -0.3 is 20.4 Å². The second-order valence-corrected chi connectivity index (χ2v) is 5.12. The summed E-state index contributed by atoms with van der Waals surface area (Å²) >= 11 is 0. The third-order valence-electron chi connectivity index (χ3n) is 3.24. The third-order valence-corrected chi connectivity index (χ3v) is 3.24. The van der Waals surface area contributed by atoms with Gasteiger partial charge in [-0.25, -0.2) is 4.98 Å². The van der Waals surface area contributed by atoms with Crippen LogP contribution in [0.5, 0.6) is 0 Å². The van der Waals surface area contributed by atoms with Gasteiger partial charge in [0.2, 0.25) is 5.91 Å². The van der Waals surface area contributed by atoms with Gasteiger partial charge in [0.1, 0.15) is 12.4 Å². The molecule has 6 heteroatoms.